The van der Waals surface area contributed by atoms with Crippen molar-refractivity contribution in [2.24, 2.45) is 0 Å². The van der Waals surface area contributed by atoms with E-state index in [-0.39, 0.29) is 23.6 Å². The van der Waals surface area contributed by atoms with E-state index < -0.39 is 23.9 Å². The summed E-state index contributed by atoms with van der Waals surface area (Å²) in [6.07, 6.45) is 1.83. The topological polar surface area (TPSA) is 94.2 Å². The van der Waals surface area contributed by atoms with Crippen LogP contribution < -0.4 is 10.6 Å². The number of urea groups is 1. The molecule has 6 nitrogen and oxygen atoms in total. The molecule has 0 spiro atoms. The Hall–Kier alpha value is -3.06. The van der Waals surface area contributed by atoms with E-state index in [9.17, 15) is 19.1 Å². The van der Waals surface area contributed by atoms with E-state index in [0.29, 0.717) is 0 Å². The number of para-hydroxylation sites is 1. The summed E-state index contributed by atoms with van der Waals surface area (Å²) < 4.78 is 13.7. The molecule has 4 N–H and O–H groups in total. The summed E-state index contributed by atoms with van der Waals surface area (Å²) in [5, 5.41) is 15.3. The molecule has 0 radical (unpaired) electrons. The molecule has 3 aromatic rings. The van der Waals surface area contributed by atoms with E-state index in [1.54, 1.807) is 6.20 Å². The van der Waals surface area contributed by atoms with Gasteiger partial charge < -0.3 is 20.7 Å². The first-order chi connectivity index (χ1) is 13.0. The third-order valence-electron chi connectivity index (χ3n) is 4.19. The molecule has 1 atom stereocenters. The second kappa shape index (κ2) is 8.09. The lowest BCUT2D eigenvalue weighted by Gasteiger charge is -2.15. The Balaban J connectivity index is 1.65. The predicted octanol–water partition coefficient (Wildman–Crippen LogP) is 3.46. The lowest BCUT2D eigenvalue weighted by molar-refractivity contribution is -0.139. The van der Waals surface area contributed by atoms with Crippen molar-refractivity contribution in [3.05, 3.63) is 70.6 Å². The quantitative estimate of drug-likeness (QED) is 0.520. The molecule has 0 aliphatic carbocycles. The number of halogens is 2. The molecular weight excluding hydrogens is 373 g/mol. The first kappa shape index (κ1) is 18.7. The van der Waals surface area contributed by atoms with Gasteiger partial charge in [0.1, 0.15) is 11.9 Å². The number of rotatable bonds is 6. The van der Waals surface area contributed by atoms with E-state index in [2.05, 4.69) is 15.6 Å². The molecule has 1 aromatic heterocycles. The zero-order valence-electron chi connectivity index (χ0n) is 14.1. The first-order valence-electron chi connectivity index (χ1n) is 8.20. The zero-order chi connectivity index (χ0) is 19.4. The standard InChI is InChI=1S/C19H17ClFN3O3/c20-14-5-3-6-15(21)13(14)10-23-19(27)24-17(18(25)26)8-11-9-22-16-7-2-1-4-12(11)16/h1-7,9,17,22H,8,10H2,(H,25,26)(H2,23,24,27). The fraction of sp³-hybridized carbons (Fsp3) is 0.158. The van der Waals surface area contributed by atoms with Crippen LogP contribution in [0.5, 0.6) is 0 Å². The minimum Gasteiger partial charge on any atom is -0.480 e. The second-order valence-electron chi connectivity index (χ2n) is 5.98. The Labute approximate surface area is 159 Å². The number of hydrogen-bond donors (Lipinski definition) is 4. The van der Waals surface area contributed by atoms with Crippen LogP contribution in [-0.4, -0.2) is 28.1 Å². The van der Waals surface area contributed by atoms with Gasteiger partial charge in [0.25, 0.3) is 0 Å². The maximum atomic E-state index is 13.7. The predicted molar refractivity (Wildman–Crippen MR) is 100 cm³/mol. The van der Waals surface area contributed by atoms with Crippen LogP contribution in [0.25, 0.3) is 10.9 Å². The van der Waals surface area contributed by atoms with Gasteiger partial charge in [-0.1, -0.05) is 35.9 Å². The van der Waals surface area contributed by atoms with E-state index in [0.717, 1.165) is 16.5 Å². The highest BCUT2D eigenvalue weighted by Gasteiger charge is 2.22. The highest BCUT2D eigenvalue weighted by atomic mass is 35.5. The Morgan fingerprint density at radius 2 is 1.96 bits per heavy atom. The molecule has 1 heterocycles. The fourth-order valence-electron chi connectivity index (χ4n) is 2.80. The average Bonchev–Trinajstić information content (AvgIpc) is 3.04. The van der Waals surface area contributed by atoms with Crippen LogP contribution >= 0.6 is 11.6 Å². The van der Waals surface area contributed by atoms with Crippen LogP contribution in [0.4, 0.5) is 9.18 Å². The monoisotopic (exact) mass is 389 g/mol. The van der Waals surface area contributed by atoms with Gasteiger partial charge in [-0.3, -0.25) is 0 Å². The minimum atomic E-state index is -1.17. The van der Waals surface area contributed by atoms with E-state index in [1.807, 2.05) is 24.3 Å². The summed E-state index contributed by atoms with van der Waals surface area (Å²) >= 11 is 5.91. The number of fused-ring (bicyclic) bond motifs is 1. The number of carboxylic acid groups (broad SMARTS) is 1. The highest BCUT2D eigenvalue weighted by Crippen LogP contribution is 2.20. The maximum Gasteiger partial charge on any atom is 0.326 e. The number of nitrogens with one attached hydrogen (secondary N) is 3. The van der Waals surface area contributed by atoms with Crippen LogP contribution in [0.2, 0.25) is 5.02 Å². The largest absolute Gasteiger partial charge is 0.480 e. The number of benzene rings is 2. The molecule has 0 saturated carbocycles. The number of H-pyrrole nitrogens is 1. The van der Waals surface area contributed by atoms with Crippen molar-refractivity contribution in [1.82, 2.24) is 15.6 Å². The van der Waals surface area contributed by atoms with Crippen molar-refractivity contribution >= 4 is 34.5 Å². The molecule has 8 heteroatoms. The van der Waals surface area contributed by atoms with E-state index in [4.69, 9.17) is 11.6 Å². The summed E-state index contributed by atoms with van der Waals surface area (Å²) in [5.74, 6) is -1.71. The van der Waals surface area contributed by atoms with Crippen LogP contribution in [0.3, 0.4) is 0 Å². The van der Waals surface area contributed by atoms with E-state index in [1.165, 1.54) is 18.2 Å². The maximum absolute atomic E-state index is 13.7. The van der Waals surface area contributed by atoms with Gasteiger partial charge in [0.05, 0.1) is 0 Å². The molecule has 0 fully saturated rings. The number of aromatic nitrogens is 1. The van der Waals surface area contributed by atoms with Gasteiger partial charge in [0.15, 0.2) is 0 Å². The van der Waals surface area contributed by atoms with Gasteiger partial charge in [-0.25, -0.2) is 14.0 Å². The van der Waals surface area contributed by atoms with Gasteiger partial charge in [-0.15, -0.1) is 0 Å². The number of hydrogen-bond acceptors (Lipinski definition) is 2. The molecule has 0 aliphatic rings. The summed E-state index contributed by atoms with van der Waals surface area (Å²) in [6, 6.07) is 9.83. The summed E-state index contributed by atoms with van der Waals surface area (Å²) in [4.78, 5) is 26.7. The minimum absolute atomic E-state index is 0.104. The van der Waals surface area contributed by atoms with E-state index >= 15 is 0 Å². The Kier molecular flexibility index (Phi) is 5.61. The van der Waals surface area contributed by atoms with Crippen molar-refractivity contribution in [1.29, 1.82) is 0 Å². The lowest BCUT2D eigenvalue weighted by Crippen LogP contribution is -2.47. The molecule has 27 heavy (non-hydrogen) atoms. The summed E-state index contributed by atoms with van der Waals surface area (Å²) in [5.41, 5.74) is 1.79. The number of aromatic amines is 1. The van der Waals surface area contributed by atoms with Crippen molar-refractivity contribution in [3.8, 4) is 0 Å². The number of carbonyl (C=O) groups excluding carboxylic acids is 1. The van der Waals surface area contributed by atoms with Gasteiger partial charge >= 0.3 is 12.0 Å². The van der Waals surface area contributed by atoms with Crippen LogP contribution in [0, 0.1) is 5.82 Å². The molecule has 0 bridgehead atoms. The van der Waals surface area contributed by atoms with Crippen LogP contribution in [-0.2, 0) is 17.8 Å². The third-order valence-corrected chi connectivity index (χ3v) is 4.54. The SMILES string of the molecule is O=C(NCc1c(F)cccc1Cl)NC(Cc1c[nH]c2ccccc12)C(=O)O. The number of aliphatic carboxylic acids is 1. The van der Waals surface area contributed by atoms with Gasteiger partial charge in [-0.2, -0.15) is 0 Å². The van der Waals surface area contributed by atoms with Gasteiger partial charge in [-0.05, 0) is 23.8 Å². The molecule has 1 unspecified atom stereocenters. The lowest BCUT2D eigenvalue weighted by atomic mass is 10.1. The number of carbonyl (C=O) groups is 2. The molecular formula is C19H17ClFN3O3. The summed E-state index contributed by atoms with van der Waals surface area (Å²) in [7, 11) is 0. The van der Waals surface area contributed by atoms with Crippen LogP contribution in [0.15, 0.2) is 48.7 Å². The van der Waals surface area contributed by atoms with Crippen molar-refractivity contribution in [3.63, 3.8) is 0 Å². The van der Waals surface area contributed by atoms with Gasteiger partial charge in [0, 0.05) is 40.7 Å². The van der Waals surface area contributed by atoms with Crippen molar-refractivity contribution < 1.29 is 19.1 Å². The number of carboxylic acids is 1. The van der Waals surface area contributed by atoms with Gasteiger partial charge in [0.2, 0.25) is 0 Å². The summed E-state index contributed by atoms with van der Waals surface area (Å²) in [6.45, 7) is -0.156. The van der Waals surface area contributed by atoms with Crippen LogP contribution in [0.1, 0.15) is 11.1 Å². The number of amides is 2. The molecule has 3 rings (SSSR count). The fourth-order valence-corrected chi connectivity index (χ4v) is 3.03. The third kappa shape index (κ3) is 4.38. The Morgan fingerprint density at radius 1 is 1.19 bits per heavy atom. The highest BCUT2D eigenvalue weighted by molar-refractivity contribution is 6.31. The molecule has 0 saturated heterocycles. The van der Waals surface area contributed by atoms with Crippen molar-refractivity contribution in [2.45, 2.75) is 19.0 Å². The normalized spacial score (nSPS) is 11.9. The molecule has 0 aliphatic heterocycles. The Morgan fingerprint density at radius 3 is 2.70 bits per heavy atom. The Bertz CT molecular complexity index is 969. The average molecular weight is 390 g/mol. The first-order valence-corrected chi connectivity index (χ1v) is 8.58. The molecule has 2 amide bonds. The zero-order valence-corrected chi connectivity index (χ0v) is 14.9. The smallest absolute Gasteiger partial charge is 0.326 e. The van der Waals surface area contributed by atoms with Crippen molar-refractivity contribution in [2.75, 3.05) is 0 Å². The molecule has 2 aromatic carbocycles. The molecule has 140 valence electrons. The second-order valence-corrected chi connectivity index (χ2v) is 6.39.